The monoisotopic (exact) mass is 420 g/mol. The highest BCUT2D eigenvalue weighted by Gasteiger charge is 2.39. The SMILES string of the molecule is CO[C@H](COCc1ccccc1)[C@H](N[S+]([O-])C(C)(C)C)[C@@H](OC)c1ccccn1. The lowest BCUT2D eigenvalue weighted by molar-refractivity contribution is -0.0510. The maximum atomic E-state index is 12.9. The number of aromatic nitrogens is 1. The zero-order chi connectivity index (χ0) is 21.3. The summed E-state index contributed by atoms with van der Waals surface area (Å²) < 4.78 is 33.1. The summed E-state index contributed by atoms with van der Waals surface area (Å²) in [6.07, 6.45) is 0.872. The standard InChI is InChI=1S/C22H32N2O4S/c1-22(2,3)29(25)24-20(21(27-5)18-13-9-10-14-23-18)19(26-4)16-28-15-17-11-7-6-8-12-17/h6-14,19-21,24H,15-16H2,1-5H3/t19-,20+,21+,29?/m1/s1. The summed E-state index contributed by atoms with van der Waals surface area (Å²) in [6, 6.07) is 15.2. The highest BCUT2D eigenvalue weighted by atomic mass is 32.2. The Bertz CT molecular complexity index is 697. The highest BCUT2D eigenvalue weighted by molar-refractivity contribution is 7.90. The minimum atomic E-state index is -1.32. The van der Waals surface area contributed by atoms with Crippen molar-refractivity contribution in [1.29, 1.82) is 0 Å². The van der Waals surface area contributed by atoms with E-state index in [0.29, 0.717) is 13.2 Å². The Balaban J connectivity index is 2.18. The largest absolute Gasteiger partial charge is 0.598 e. The molecule has 160 valence electrons. The summed E-state index contributed by atoms with van der Waals surface area (Å²) in [7, 11) is 3.24. The van der Waals surface area contributed by atoms with Gasteiger partial charge in [-0.3, -0.25) is 4.98 Å². The summed E-state index contributed by atoms with van der Waals surface area (Å²) in [4.78, 5) is 4.42. The maximum Gasteiger partial charge on any atom is 0.136 e. The summed E-state index contributed by atoms with van der Waals surface area (Å²) in [5, 5.41) is 0. The van der Waals surface area contributed by atoms with E-state index < -0.39 is 34.4 Å². The molecular formula is C22H32N2O4S. The third kappa shape index (κ3) is 7.37. The van der Waals surface area contributed by atoms with E-state index in [1.54, 1.807) is 20.4 Å². The van der Waals surface area contributed by atoms with Crippen LogP contribution in [0.1, 0.15) is 38.1 Å². The number of nitrogens with zero attached hydrogens (tertiary/aromatic N) is 1. The van der Waals surface area contributed by atoms with Crippen LogP contribution in [0, 0.1) is 0 Å². The zero-order valence-corrected chi connectivity index (χ0v) is 18.6. The van der Waals surface area contributed by atoms with Crippen LogP contribution >= 0.6 is 0 Å². The summed E-state index contributed by atoms with van der Waals surface area (Å²) >= 11 is -1.32. The van der Waals surface area contributed by atoms with Crippen LogP contribution in [0.15, 0.2) is 54.7 Å². The van der Waals surface area contributed by atoms with Crippen molar-refractivity contribution in [2.75, 3.05) is 20.8 Å². The Hall–Kier alpha value is -1.48. The fourth-order valence-electron chi connectivity index (χ4n) is 2.81. The van der Waals surface area contributed by atoms with E-state index in [9.17, 15) is 4.55 Å². The molecule has 0 spiro atoms. The molecule has 0 aliphatic heterocycles. The van der Waals surface area contributed by atoms with Gasteiger partial charge in [-0.15, -0.1) is 4.72 Å². The molecule has 6 nitrogen and oxygen atoms in total. The fourth-order valence-corrected chi connectivity index (χ4v) is 3.69. The van der Waals surface area contributed by atoms with Crippen molar-refractivity contribution in [3.63, 3.8) is 0 Å². The quantitative estimate of drug-likeness (QED) is 0.562. The van der Waals surface area contributed by atoms with Gasteiger partial charge >= 0.3 is 0 Å². The van der Waals surface area contributed by atoms with E-state index in [1.165, 1.54) is 0 Å². The maximum absolute atomic E-state index is 12.9. The molecule has 7 heteroatoms. The molecule has 0 saturated heterocycles. The van der Waals surface area contributed by atoms with Gasteiger partial charge in [-0.2, -0.15) is 0 Å². The molecule has 4 atom stereocenters. The molecule has 2 rings (SSSR count). The molecule has 1 unspecified atom stereocenters. The summed E-state index contributed by atoms with van der Waals surface area (Å²) in [5.41, 5.74) is 1.82. The molecule has 1 aromatic carbocycles. The Morgan fingerprint density at radius 3 is 2.28 bits per heavy atom. The molecule has 0 fully saturated rings. The van der Waals surface area contributed by atoms with Gasteiger partial charge in [0.05, 0.1) is 18.9 Å². The van der Waals surface area contributed by atoms with Crippen LogP contribution in [0.4, 0.5) is 0 Å². The van der Waals surface area contributed by atoms with E-state index in [-0.39, 0.29) is 0 Å². The number of rotatable bonds is 11. The first kappa shape index (κ1) is 23.8. The minimum Gasteiger partial charge on any atom is -0.598 e. The molecule has 1 heterocycles. The second-order valence-electron chi connectivity index (χ2n) is 7.71. The average molecular weight is 421 g/mol. The van der Waals surface area contributed by atoms with Crippen LogP contribution in [0.5, 0.6) is 0 Å². The predicted octanol–water partition coefficient (Wildman–Crippen LogP) is 3.42. The predicted molar refractivity (Wildman–Crippen MR) is 116 cm³/mol. The van der Waals surface area contributed by atoms with Crippen molar-refractivity contribution < 1.29 is 18.8 Å². The number of methoxy groups -OCH3 is 2. The van der Waals surface area contributed by atoms with Crippen LogP contribution in [-0.4, -0.2) is 47.3 Å². The molecule has 29 heavy (non-hydrogen) atoms. The molecule has 0 saturated carbocycles. The van der Waals surface area contributed by atoms with Crippen molar-refractivity contribution in [3.05, 3.63) is 66.0 Å². The third-order valence-electron chi connectivity index (χ3n) is 4.46. The number of nitrogens with one attached hydrogen (secondary N) is 1. The minimum absolute atomic E-state index is 0.317. The molecule has 0 amide bonds. The number of pyridine rings is 1. The lowest BCUT2D eigenvalue weighted by Gasteiger charge is -2.35. The Kier molecular flexibility index (Phi) is 9.55. The first-order valence-corrected chi connectivity index (χ1v) is 10.8. The van der Waals surface area contributed by atoms with E-state index in [4.69, 9.17) is 14.2 Å². The van der Waals surface area contributed by atoms with Crippen molar-refractivity contribution in [2.24, 2.45) is 0 Å². The van der Waals surface area contributed by atoms with Crippen molar-refractivity contribution in [2.45, 2.75) is 50.4 Å². The van der Waals surface area contributed by atoms with Crippen LogP contribution in [-0.2, 0) is 32.2 Å². The summed E-state index contributed by atoms with van der Waals surface area (Å²) in [6.45, 7) is 6.55. The normalized spacial score (nSPS) is 16.2. The Morgan fingerprint density at radius 1 is 1.03 bits per heavy atom. The first-order chi connectivity index (χ1) is 13.9. The Labute approximate surface area is 177 Å². The molecule has 2 aromatic rings. The molecule has 1 N–H and O–H groups in total. The number of benzene rings is 1. The molecule has 0 aliphatic carbocycles. The molecular weight excluding hydrogens is 388 g/mol. The average Bonchev–Trinajstić information content (AvgIpc) is 2.72. The Morgan fingerprint density at radius 2 is 1.72 bits per heavy atom. The highest BCUT2D eigenvalue weighted by Crippen LogP contribution is 2.25. The van der Waals surface area contributed by atoms with Gasteiger partial charge in [-0.05, 0) is 38.5 Å². The lowest BCUT2D eigenvalue weighted by Crippen LogP contribution is -2.54. The van der Waals surface area contributed by atoms with E-state index >= 15 is 0 Å². The first-order valence-electron chi connectivity index (χ1n) is 9.63. The fraction of sp³-hybridized carbons (Fsp3) is 0.500. The second-order valence-corrected chi connectivity index (χ2v) is 9.71. The summed E-state index contributed by atoms with van der Waals surface area (Å²) in [5.74, 6) is 0. The molecule has 0 aliphatic rings. The smallest absolute Gasteiger partial charge is 0.136 e. The van der Waals surface area contributed by atoms with Gasteiger partial charge in [-0.25, -0.2) is 0 Å². The molecule has 0 bridgehead atoms. The van der Waals surface area contributed by atoms with Gasteiger partial charge < -0.3 is 18.8 Å². The van der Waals surface area contributed by atoms with Gasteiger partial charge in [0.15, 0.2) is 0 Å². The van der Waals surface area contributed by atoms with E-state index in [0.717, 1.165) is 11.3 Å². The van der Waals surface area contributed by atoms with Crippen LogP contribution in [0.25, 0.3) is 0 Å². The second kappa shape index (κ2) is 11.6. The van der Waals surface area contributed by atoms with Gasteiger partial charge in [0.2, 0.25) is 0 Å². The number of ether oxygens (including phenoxy) is 3. The molecule has 1 aromatic heterocycles. The number of hydrogen-bond donors (Lipinski definition) is 1. The van der Waals surface area contributed by atoms with Gasteiger partial charge in [0.25, 0.3) is 0 Å². The van der Waals surface area contributed by atoms with Gasteiger partial charge in [0, 0.05) is 31.8 Å². The van der Waals surface area contributed by atoms with Crippen molar-refractivity contribution >= 4 is 11.4 Å². The third-order valence-corrected chi connectivity index (χ3v) is 6.05. The van der Waals surface area contributed by atoms with Crippen LogP contribution in [0.3, 0.4) is 0 Å². The van der Waals surface area contributed by atoms with Gasteiger partial charge in [0.1, 0.15) is 23.0 Å². The van der Waals surface area contributed by atoms with Gasteiger partial charge in [-0.1, -0.05) is 36.4 Å². The van der Waals surface area contributed by atoms with E-state index in [2.05, 4.69) is 9.71 Å². The topological polar surface area (TPSA) is 75.7 Å². The lowest BCUT2D eigenvalue weighted by atomic mass is 10.0. The molecule has 0 radical (unpaired) electrons. The van der Waals surface area contributed by atoms with Crippen molar-refractivity contribution in [1.82, 2.24) is 9.71 Å². The van der Waals surface area contributed by atoms with Crippen molar-refractivity contribution in [3.8, 4) is 0 Å². The zero-order valence-electron chi connectivity index (χ0n) is 17.8. The van der Waals surface area contributed by atoms with E-state index in [1.807, 2.05) is 69.3 Å². The number of hydrogen-bond acceptors (Lipinski definition) is 6. The van der Waals surface area contributed by atoms with Crippen LogP contribution < -0.4 is 4.72 Å². The van der Waals surface area contributed by atoms with Crippen LogP contribution in [0.2, 0.25) is 0 Å².